The van der Waals surface area contributed by atoms with E-state index in [-0.39, 0.29) is 0 Å². The van der Waals surface area contributed by atoms with Gasteiger partial charge in [-0.1, -0.05) is 30.7 Å². The third kappa shape index (κ3) is 1.82. The second-order valence-electron chi connectivity index (χ2n) is 5.01. The number of sulfone groups is 1. The van der Waals surface area contributed by atoms with Crippen LogP contribution in [-0.4, -0.2) is 8.42 Å². The summed E-state index contributed by atoms with van der Waals surface area (Å²) in [4.78, 5) is 1.09. The van der Waals surface area contributed by atoms with E-state index in [0.29, 0.717) is 21.6 Å². The zero-order chi connectivity index (χ0) is 11.9. The lowest BCUT2D eigenvalue weighted by atomic mass is 10.0. The maximum absolute atomic E-state index is 12.4. The second kappa shape index (κ2) is 3.98. The summed E-state index contributed by atoms with van der Waals surface area (Å²) in [5.41, 5.74) is 0. The average molecular weight is 248 g/mol. The molecule has 1 saturated carbocycles. The first-order valence-corrected chi connectivity index (χ1v) is 7.67. The van der Waals surface area contributed by atoms with Crippen LogP contribution in [0.1, 0.15) is 25.7 Å². The fraction of sp³-hybridized carbons (Fsp3) is 0.429. The number of hydrogen-bond acceptors (Lipinski definition) is 2. The summed E-state index contributed by atoms with van der Waals surface area (Å²) < 4.78 is 24.8. The molecule has 0 radical (unpaired) electrons. The summed E-state index contributed by atoms with van der Waals surface area (Å²) >= 11 is 0. The van der Waals surface area contributed by atoms with Gasteiger partial charge in [-0.15, -0.1) is 0 Å². The van der Waals surface area contributed by atoms with Gasteiger partial charge in [-0.05, 0) is 43.2 Å². The first-order valence-electron chi connectivity index (χ1n) is 6.19. The Balaban J connectivity index is 1.95. The van der Waals surface area contributed by atoms with E-state index in [9.17, 15) is 8.42 Å². The minimum atomic E-state index is -3.22. The standard InChI is InChI=1S/C14H16O2S/c15-17(16,13-7-2-1-3-8-13)14-9-11-5-4-6-12(11)10-14/h1-3,7-9,11-12H,4-6,10H2/t11-,12+/m1/s1. The predicted octanol–water partition coefficient (Wildman–Crippen LogP) is 3.16. The van der Waals surface area contributed by atoms with Gasteiger partial charge in [0.25, 0.3) is 0 Å². The van der Waals surface area contributed by atoms with E-state index in [4.69, 9.17) is 0 Å². The SMILES string of the molecule is O=S(=O)(C1=C[C@H]2CCC[C@H]2C1)c1ccccc1. The third-order valence-corrected chi connectivity index (χ3v) is 5.87. The molecule has 2 atom stereocenters. The lowest BCUT2D eigenvalue weighted by Gasteiger charge is -2.08. The van der Waals surface area contributed by atoms with Crippen molar-refractivity contribution in [1.82, 2.24) is 0 Å². The molecule has 2 nitrogen and oxygen atoms in total. The van der Waals surface area contributed by atoms with Crippen LogP contribution in [0.4, 0.5) is 0 Å². The van der Waals surface area contributed by atoms with Crippen LogP contribution in [0.2, 0.25) is 0 Å². The Morgan fingerprint density at radius 2 is 1.82 bits per heavy atom. The van der Waals surface area contributed by atoms with Crippen LogP contribution in [0.5, 0.6) is 0 Å². The molecule has 0 saturated heterocycles. The zero-order valence-electron chi connectivity index (χ0n) is 9.67. The van der Waals surface area contributed by atoms with Crippen molar-refractivity contribution in [2.45, 2.75) is 30.6 Å². The topological polar surface area (TPSA) is 34.1 Å². The molecule has 0 spiro atoms. The monoisotopic (exact) mass is 248 g/mol. The van der Waals surface area contributed by atoms with Gasteiger partial charge in [0, 0.05) is 4.91 Å². The third-order valence-electron chi connectivity index (χ3n) is 3.98. The molecule has 1 aromatic carbocycles. The van der Waals surface area contributed by atoms with Gasteiger partial charge >= 0.3 is 0 Å². The highest BCUT2D eigenvalue weighted by Crippen LogP contribution is 2.45. The smallest absolute Gasteiger partial charge is 0.202 e. The lowest BCUT2D eigenvalue weighted by molar-refractivity contribution is 0.493. The van der Waals surface area contributed by atoms with Crippen molar-refractivity contribution < 1.29 is 8.42 Å². The molecule has 3 rings (SSSR count). The van der Waals surface area contributed by atoms with Crippen LogP contribution in [0.25, 0.3) is 0 Å². The summed E-state index contributed by atoms with van der Waals surface area (Å²) in [6, 6.07) is 8.78. The van der Waals surface area contributed by atoms with E-state index in [2.05, 4.69) is 0 Å². The van der Waals surface area contributed by atoms with Gasteiger partial charge in [0.2, 0.25) is 9.84 Å². The summed E-state index contributed by atoms with van der Waals surface area (Å²) in [7, 11) is -3.22. The van der Waals surface area contributed by atoms with Crippen LogP contribution >= 0.6 is 0 Å². The lowest BCUT2D eigenvalue weighted by Crippen LogP contribution is -2.04. The molecule has 3 heteroatoms. The average Bonchev–Trinajstić information content (AvgIpc) is 2.90. The summed E-state index contributed by atoms with van der Waals surface area (Å²) in [5, 5.41) is 0. The maximum atomic E-state index is 12.4. The molecule has 90 valence electrons. The summed E-state index contributed by atoms with van der Waals surface area (Å²) in [6.45, 7) is 0. The number of benzene rings is 1. The van der Waals surface area contributed by atoms with E-state index in [1.807, 2.05) is 12.1 Å². The van der Waals surface area contributed by atoms with Crippen molar-refractivity contribution in [2.24, 2.45) is 11.8 Å². The molecule has 17 heavy (non-hydrogen) atoms. The highest BCUT2D eigenvalue weighted by Gasteiger charge is 2.36. The molecular weight excluding hydrogens is 232 g/mol. The largest absolute Gasteiger partial charge is 0.219 e. The van der Waals surface area contributed by atoms with E-state index in [0.717, 1.165) is 6.42 Å². The molecule has 2 aliphatic carbocycles. The molecule has 0 N–H and O–H groups in total. The van der Waals surface area contributed by atoms with Gasteiger partial charge in [0.1, 0.15) is 0 Å². The molecule has 1 aromatic rings. The Hall–Kier alpha value is -1.09. The molecule has 1 fully saturated rings. The molecular formula is C14H16O2S. The highest BCUT2D eigenvalue weighted by molar-refractivity contribution is 7.95. The Morgan fingerprint density at radius 1 is 1.06 bits per heavy atom. The van der Waals surface area contributed by atoms with Gasteiger partial charge in [-0.2, -0.15) is 0 Å². The van der Waals surface area contributed by atoms with Gasteiger partial charge < -0.3 is 0 Å². The minimum absolute atomic E-state index is 0.436. The maximum Gasteiger partial charge on any atom is 0.202 e. The number of allylic oxidation sites excluding steroid dienone is 2. The van der Waals surface area contributed by atoms with Gasteiger partial charge in [0.15, 0.2) is 0 Å². The van der Waals surface area contributed by atoms with Gasteiger partial charge in [-0.25, -0.2) is 8.42 Å². The van der Waals surface area contributed by atoms with Gasteiger partial charge in [0.05, 0.1) is 4.90 Å². The van der Waals surface area contributed by atoms with Gasteiger partial charge in [-0.3, -0.25) is 0 Å². The fourth-order valence-corrected chi connectivity index (χ4v) is 4.66. The molecule has 0 aliphatic heterocycles. The summed E-state index contributed by atoms with van der Waals surface area (Å²) in [5.74, 6) is 1.10. The molecule has 0 aromatic heterocycles. The Bertz CT molecular complexity index is 543. The molecule has 0 amide bonds. The predicted molar refractivity (Wildman–Crippen MR) is 67.2 cm³/mol. The van der Waals surface area contributed by atoms with Crippen LogP contribution in [0.3, 0.4) is 0 Å². The van der Waals surface area contributed by atoms with Crippen LogP contribution < -0.4 is 0 Å². The first-order chi connectivity index (χ1) is 8.18. The van der Waals surface area contributed by atoms with Crippen molar-refractivity contribution in [3.8, 4) is 0 Å². The van der Waals surface area contributed by atoms with Crippen molar-refractivity contribution in [1.29, 1.82) is 0 Å². The quantitative estimate of drug-likeness (QED) is 0.805. The molecule has 0 heterocycles. The number of fused-ring (bicyclic) bond motifs is 1. The highest BCUT2D eigenvalue weighted by atomic mass is 32.2. The van der Waals surface area contributed by atoms with Crippen molar-refractivity contribution in [2.75, 3.05) is 0 Å². The number of hydrogen-bond donors (Lipinski definition) is 0. The number of rotatable bonds is 2. The molecule has 2 aliphatic rings. The van der Waals surface area contributed by atoms with Crippen molar-refractivity contribution in [3.05, 3.63) is 41.3 Å². The first kappa shape index (κ1) is 11.0. The van der Waals surface area contributed by atoms with E-state index < -0.39 is 9.84 Å². The zero-order valence-corrected chi connectivity index (χ0v) is 10.5. The fourth-order valence-electron chi connectivity index (χ4n) is 3.05. The van der Waals surface area contributed by atoms with Crippen LogP contribution in [0.15, 0.2) is 46.2 Å². The van der Waals surface area contributed by atoms with E-state index in [1.165, 1.54) is 19.3 Å². The van der Waals surface area contributed by atoms with Crippen LogP contribution in [-0.2, 0) is 9.84 Å². The van der Waals surface area contributed by atoms with E-state index in [1.54, 1.807) is 24.3 Å². The van der Waals surface area contributed by atoms with Crippen LogP contribution in [0, 0.1) is 11.8 Å². The normalized spacial score (nSPS) is 27.9. The summed E-state index contributed by atoms with van der Waals surface area (Å²) in [6.07, 6.45) is 6.37. The minimum Gasteiger partial charge on any atom is -0.219 e. The molecule has 0 bridgehead atoms. The van der Waals surface area contributed by atoms with E-state index >= 15 is 0 Å². The molecule has 0 unspecified atom stereocenters. The Kier molecular flexibility index (Phi) is 2.58. The van der Waals surface area contributed by atoms with Crippen molar-refractivity contribution >= 4 is 9.84 Å². The Morgan fingerprint density at radius 3 is 2.53 bits per heavy atom. The Labute approximate surface area is 102 Å². The van der Waals surface area contributed by atoms with Crippen molar-refractivity contribution in [3.63, 3.8) is 0 Å². The second-order valence-corrected chi connectivity index (χ2v) is 7.01.